The Morgan fingerprint density at radius 2 is 1.79 bits per heavy atom. The number of aryl methyl sites for hydroxylation is 1. The Hall–Kier alpha value is -2.46. The molecule has 1 saturated heterocycles. The van der Waals surface area contributed by atoms with Crippen LogP contribution in [0.5, 0.6) is 0 Å². The summed E-state index contributed by atoms with van der Waals surface area (Å²) in [5, 5.41) is 0. The molecular weight excluding hydrogens is 407 g/mol. The van der Waals surface area contributed by atoms with Gasteiger partial charge in [-0.15, -0.1) is 0 Å². The Balaban J connectivity index is 1.99. The quantitative estimate of drug-likeness (QED) is 0.810. The van der Waals surface area contributed by atoms with Crippen molar-refractivity contribution < 1.29 is 26.0 Å². The molecule has 150 valence electrons. The van der Waals surface area contributed by atoms with Crippen molar-refractivity contribution in [1.29, 1.82) is 0 Å². The number of nitrogens with one attached hydrogen (secondary N) is 1. The predicted molar refractivity (Wildman–Crippen MR) is 103 cm³/mol. The van der Waals surface area contributed by atoms with Gasteiger partial charge in [0.1, 0.15) is 5.82 Å². The third-order valence-electron chi connectivity index (χ3n) is 4.39. The molecule has 0 atom stereocenters. The number of sulfonamides is 2. The predicted octanol–water partition coefficient (Wildman–Crippen LogP) is 2.64. The molecule has 0 spiro atoms. The van der Waals surface area contributed by atoms with Crippen LogP contribution >= 0.6 is 0 Å². The summed E-state index contributed by atoms with van der Waals surface area (Å²) in [5.74, 6) is -1.63. The van der Waals surface area contributed by atoms with Crippen LogP contribution in [0.2, 0.25) is 0 Å². The molecule has 3 rings (SSSR count). The van der Waals surface area contributed by atoms with Gasteiger partial charge < -0.3 is 0 Å². The van der Waals surface area contributed by atoms with Crippen LogP contribution in [-0.2, 0) is 24.8 Å². The molecule has 0 bridgehead atoms. The first-order valence-corrected chi connectivity index (χ1v) is 11.4. The van der Waals surface area contributed by atoms with Crippen molar-refractivity contribution in [2.45, 2.75) is 25.7 Å². The van der Waals surface area contributed by atoms with E-state index >= 15 is 0 Å². The molecule has 0 saturated carbocycles. The Bertz CT molecular complexity index is 1170. The summed E-state index contributed by atoms with van der Waals surface area (Å²) in [6.45, 7) is 4.55. The lowest BCUT2D eigenvalue weighted by Crippen LogP contribution is -2.33. The van der Waals surface area contributed by atoms with Gasteiger partial charge >= 0.3 is 0 Å². The fraction of sp³-hybridized carbons (Fsp3) is 0.278. The molecule has 1 heterocycles. The van der Waals surface area contributed by atoms with Crippen molar-refractivity contribution in [3.05, 3.63) is 53.8 Å². The van der Waals surface area contributed by atoms with Gasteiger partial charge in [0.25, 0.3) is 10.0 Å². The van der Waals surface area contributed by atoms with Crippen molar-refractivity contribution in [3.63, 3.8) is 0 Å². The number of rotatable bonds is 4. The molecule has 0 unspecified atom stereocenters. The van der Waals surface area contributed by atoms with Crippen LogP contribution in [0.25, 0.3) is 0 Å². The summed E-state index contributed by atoms with van der Waals surface area (Å²) in [6, 6.07) is 9.09. The minimum absolute atomic E-state index is 0.0675. The first-order valence-electron chi connectivity index (χ1n) is 8.31. The second-order valence-corrected chi connectivity index (χ2v) is 10.7. The van der Waals surface area contributed by atoms with E-state index in [4.69, 9.17) is 0 Å². The van der Waals surface area contributed by atoms with E-state index < -0.39 is 37.2 Å². The Morgan fingerprint density at radius 1 is 1.14 bits per heavy atom. The van der Waals surface area contributed by atoms with E-state index in [1.807, 2.05) is 0 Å². The van der Waals surface area contributed by atoms with E-state index in [1.165, 1.54) is 57.2 Å². The highest BCUT2D eigenvalue weighted by Gasteiger charge is 2.50. The van der Waals surface area contributed by atoms with Gasteiger partial charge in [0, 0.05) is 0 Å². The van der Waals surface area contributed by atoms with E-state index in [2.05, 4.69) is 4.72 Å². The van der Waals surface area contributed by atoms with Gasteiger partial charge in [-0.1, -0.05) is 12.1 Å². The topological polar surface area (TPSA) is 101 Å². The number of hydrogen-bond acceptors (Lipinski definition) is 5. The summed E-state index contributed by atoms with van der Waals surface area (Å²) in [4.78, 5) is 12.3. The largest absolute Gasteiger partial charge is 0.277 e. The minimum Gasteiger partial charge on any atom is -0.277 e. The number of carbonyl (C=O) groups is 1. The first kappa shape index (κ1) is 20.3. The molecule has 10 heteroatoms. The Labute approximate surface area is 163 Å². The fourth-order valence-corrected chi connectivity index (χ4v) is 6.46. The zero-order valence-electron chi connectivity index (χ0n) is 15.4. The summed E-state index contributed by atoms with van der Waals surface area (Å²) in [6.07, 6.45) is 0. The van der Waals surface area contributed by atoms with Crippen LogP contribution in [-0.4, -0.2) is 28.5 Å². The highest BCUT2D eigenvalue weighted by molar-refractivity contribution is 7.94. The summed E-state index contributed by atoms with van der Waals surface area (Å²) >= 11 is 0. The molecule has 0 aliphatic carbocycles. The van der Waals surface area contributed by atoms with Gasteiger partial charge in [0.15, 0.2) is 0 Å². The lowest BCUT2D eigenvalue weighted by molar-refractivity contribution is -0.123. The van der Waals surface area contributed by atoms with E-state index in [0.717, 1.165) is 6.07 Å². The zero-order valence-corrected chi connectivity index (χ0v) is 17.1. The Morgan fingerprint density at radius 3 is 2.32 bits per heavy atom. The normalized spacial score (nSPS) is 18.3. The number of carbonyl (C=O) groups excluding carboxylic acids is 1. The number of anilines is 2. The zero-order chi connectivity index (χ0) is 20.9. The van der Waals surface area contributed by atoms with Crippen LogP contribution in [0.15, 0.2) is 47.4 Å². The van der Waals surface area contributed by atoms with Crippen LogP contribution in [0.3, 0.4) is 0 Å². The van der Waals surface area contributed by atoms with Gasteiger partial charge in [-0.25, -0.2) is 25.5 Å². The van der Waals surface area contributed by atoms with Gasteiger partial charge in [0.05, 0.1) is 27.4 Å². The van der Waals surface area contributed by atoms with Crippen LogP contribution in [0.1, 0.15) is 19.4 Å². The second kappa shape index (κ2) is 6.56. The van der Waals surface area contributed by atoms with E-state index in [9.17, 15) is 26.0 Å². The van der Waals surface area contributed by atoms with Gasteiger partial charge in [-0.3, -0.25) is 9.52 Å². The number of nitrogens with zero attached hydrogens (tertiary/aromatic N) is 1. The van der Waals surface area contributed by atoms with Gasteiger partial charge in [0.2, 0.25) is 15.9 Å². The van der Waals surface area contributed by atoms with Crippen LogP contribution in [0.4, 0.5) is 15.8 Å². The number of amides is 1. The highest BCUT2D eigenvalue weighted by atomic mass is 32.2. The first-order chi connectivity index (χ1) is 12.8. The molecule has 1 N–H and O–H groups in total. The molecular formula is C18H19FN2O5S2. The smallest absolute Gasteiger partial charge is 0.262 e. The van der Waals surface area contributed by atoms with Crippen LogP contribution < -0.4 is 9.03 Å². The van der Waals surface area contributed by atoms with Crippen molar-refractivity contribution >= 4 is 37.3 Å². The number of halogens is 1. The maximum atomic E-state index is 13.8. The molecule has 1 aliphatic rings. The molecule has 28 heavy (non-hydrogen) atoms. The van der Waals surface area contributed by atoms with E-state index in [0.29, 0.717) is 4.31 Å². The average molecular weight is 426 g/mol. The standard InChI is InChI=1S/C18H19FN2O5S2/c1-12-10-13(21-17(22)18(2,3)11-27(21,23)24)8-9-16(12)28(25,26)20-15-7-5-4-6-14(15)19/h4-10,20H,11H2,1-3H3. The van der Waals surface area contributed by atoms with Crippen molar-refractivity contribution in [2.75, 3.05) is 14.8 Å². The number of para-hydroxylation sites is 1. The van der Waals surface area contributed by atoms with Crippen LogP contribution in [0, 0.1) is 18.2 Å². The molecule has 2 aromatic rings. The summed E-state index contributed by atoms with van der Waals surface area (Å²) < 4.78 is 66.7. The van der Waals surface area contributed by atoms with E-state index in [1.54, 1.807) is 0 Å². The molecule has 0 aromatic heterocycles. The molecule has 1 fully saturated rings. The number of hydrogen-bond donors (Lipinski definition) is 1. The summed E-state index contributed by atoms with van der Waals surface area (Å²) in [5.41, 5.74) is -0.985. The minimum atomic E-state index is -4.11. The maximum absolute atomic E-state index is 13.8. The van der Waals surface area contributed by atoms with Crippen molar-refractivity contribution in [3.8, 4) is 0 Å². The molecule has 1 aliphatic heterocycles. The second-order valence-electron chi connectivity index (χ2n) is 7.24. The van der Waals surface area contributed by atoms with Gasteiger partial charge in [-0.2, -0.15) is 0 Å². The molecule has 2 aromatic carbocycles. The highest BCUT2D eigenvalue weighted by Crippen LogP contribution is 2.36. The average Bonchev–Trinajstić information content (AvgIpc) is 2.72. The third-order valence-corrected chi connectivity index (χ3v) is 7.93. The Kier molecular flexibility index (Phi) is 4.75. The lowest BCUT2D eigenvalue weighted by atomic mass is 9.95. The SMILES string of the molecule is Cc1cc(N2C(=O)C(C)(C)CS2(=O)=O)ccc1S(=O)(=O)Nc1ccccc1F. The third kappa shape index (κ3) is 3.49. The summed E-state index contributed by atoms with van der Waals surface area (Å²) in [7, 11) is -7.96. The lowest BCUT2D eigenvalue weighted by Gasteiger charge is -2.19. The van der Waals surface area contributed by atoms with Crippen molar-refractivity contribution in [1.82, 2.24) is 0 Å². The maximum Gasteiger partial charge on any atom is 0.262 e. The molecule has 7 nitrogen and oxygen atoms in total. The monoisotopic (exact) mass is 426 g/mol. The molecule has 1 amide bonds. The fourth-order valence-electron chi connectivity index (χ4n) is 3.07. The van der Waals surface area contributed by atoms with Gasteiger partial charge in [-0.05, 0) is 56.7 Å². The van der Waals surface area contributed by atoms with E-state index in [-0.39, 0.29) is 27.6 Å². The number of benzene rings is 2. The molecule has 0 radical (unpaired) electrons. The van der Waals surface area contributed by atoms with Crippen molar-refractivity contribution in [2.24, 2.45) is 5.41 Å².